The number of pyridine rings is 1. The minimum absolute atomic E-state index is 0.0212. The van der Waals surface area contributed by atoms with Crippen molar-refractivity contribution in [1.82, 2.24) is 30.1 Å². The summed E-state index contributed by atoms with van der Waals surface area (Å²) in [5, 5.41) is 5.78. The summed E-state index contributed by atoms with van der Waals surface area (Å²) in [4.78, 5) is 46.6. The number of halogens is 1. The molecule has 2 fully saturated rings. The number of fused-ring (bicyclic) bond motifs is 1. The van der Waals surface area contributed by atoms with Gasteiger partial charge >= 0.3 is 11.7 Å². The summed E-state index contributed by atoms with van der Waals surface area (Å²) >= 11 is 0. The van der Waals surface area contributed by atoms with Gasteiger partial charge in [0.1, 0.15) is 11.9 Å². The van der Waals surface area contributed by atoms with E-state index in [4.69, 9.17) is 0 Å². The zero-order valence-electron chi connectivity index (χ0n) is 18.7. The number of aromatic nitrogens is 3. The lowest BCUT2D eigenvalue weighted by molar-refractivity contribution is -0.122. The summed E-state index contributed by atoms with van der Waals surface area (Å²) in [7, 11) is 0. The van der Waals surface area contributed by atoms with Gasteiger partial charge in [-0.3, -0.25) is 14.3 Å². The lowest BCUT2D eigenvalue weighted by Gasteiger charge is -2.33. The first-order valence-corrected chi connectivity index (χ1v) is 11.6. The second-order valence-electron chi connectivity index (χ2n) is 8.96. The molecule has 9 nitrogen and oxygen atoms in total. The number of amides is 3. The number of carbonyl (C=O) groups excluding carboxylic acids is 2. The van der Waals surface area contributed by atoms with Crippen molar-refractivity contribution in [3.05, 3.63) is 64.5 Å². The Hall–Kier alpha value is -3.69. The van der Waals surface area contributed by atoms with E-state index < -0.39 is 6.04 Å². The molecule has 1 aromatic carbocycles. The lowest BCUT2D eigenvalue weighted by atomic mass is 9.94. The van der Waals surface area contributed by atoms with Crippen molar-refractivity contribution in [2.45, 2.75) is 43.7 Å². The van der Waals surface area contributed by atoms with Gasteiger partial charge in [-0.2, -0.15) is 0 Å². The number of urea groups is 1. The summed E-state index contributed by atoms with van der Waals surface area (Å²) < 4.78 is 15.0. The number of likely N-dealkylation sites (tertiary alicyclic amines) is 1. The molecule has 0 unspecified atom stereocenters. The Bertz CT molecular complexity index is 1250. The Labute approximate surface area is 195 Å². The van der Waals surface area contributed by atoms with Gasteiger partial charge in [-0.15, -0.1) is 0 Å². The zero-order chi connectivity index (χ0) is 23.7. The highest BCUT2D eigenvalue weighted by molar-refractivity contribution is 5.87. The summed E-state index contributed by atoms with van der Waals surface area (Å²) in [5.41, 5.74) is 2.10. The number of hydrogen-bond donors (Lipinski definition) is 3. The van der Waals surface area contributed by atoms with Crippen LogP contribution in [-0.4, -0.2) is 57.0 Å². The van der Waals surface area contributed by atoms with Crippen LogP contribution in [0, 0.1) is 5.82 Å². The van der Waals surface area contributed by atoms with E-state index in [1.165, 1.54) is 12.1 Å². The molecular weight excluding hydrogens is 439 g/mol. The number of H-pyrrole nitrogens is 1. The van der Waals surface area contributed by atoms with E-state index in [9.17, 15) is 18.8 Å². The summed E-state index contributed by atoms with van der Waals surface area (Å²) in [6.45, 7) is 1.43. The normalized spacial score (nSPS) is 21.8. The monoisotopic (exact) mass is 466 g/mol. The van der Waals surface area contributed by atoms with Crippen LogP contribution in [0.5, 0.6) is 0 Å². The van der Waals surface area contributed by atoms with E-state index in [0.717, 1.165) is 11.1 Å². The van der Waals surface area contributed by atoms with E-state index in [0.29, 0.717) is 51.0 Å². The predicted molar refractivity (Wildman–Crippen MR) is 124 cm³/mol. The molecule has 4 heterocycles. The van der Waals surface area contributed by atoms with Gasteiger partial charge in [-0.1, -0.05) is 12.1 Å². The van der Waals surface area contributed by atoms with Crippen LogP contribution in [0.1, 0.15) is 43.2 Å². The smallest absolute Gasteiger partial charge is 0.327 e. The molecular formula is C24H27FN6O3. The number of piperidine rings is 1. The molecule has 5 rings (SSSR count). The number of hydrogen-bond acceptors (Lipinski definition) is 4. The fraction of sp³-hybridized carbons (Fsp3) is 0.417. The standard InChI is InChI=1S/C24H27FN6O3/c25-17-6-3-15(4-7-17)16-5-8-19(22(32)27-14-16)28-23(33)30-12-9-18(10-13-30)31-20-2-1-11-26-21(20)29-24(31)34/h1-4,6-7,11,16,18-19H,5,8-10,12-14H2,(H,27,32)(H,28,33)(H,26,29,34)/t16-,19-/m1/s1. The molecule has 178 valence electrons. The van der Waals surface area contributed by atoms with Crippen molar-refractivity contribution in [1.29, 1.82) is 0 Å². The molecule has 2 aliphatic heterocycles. The Morgan fingerprint density at radius 3 is 2.59 bits per heavy atom. The van der Waals surface area contributed by atoms with Gasteiger partial charge < -0.3 is 15.5 Å². The van der Waals surface area contributed by atoms with Crippen molar-refractivity contribution in [3.63, 3.8) is 0 Å². The van der Waals surface area contributed by atoms with Crippen molar-refractivity contribution < 1.29 is 14.0 Å². The van der Waals surface area contributed by atoms with E-state index in [1.807, 2.05) is 6.07 Å². The molecule has 0 saturated carbocycles. The molecule has 2 atom stereocenters. The van der Waals surface area contributed by atoms with Crippen LogP contribution in [0.2, 0.25) is 0 Å². The highest BCUT2D eigenvalue weighted by Crippen LogP contribution is 2.26. The Morgan fingerprint density at radius 1 is 1.06 bits per heavy atom. The third-order valence-electron chi connectivity index (χ3n) is 6.89. The summed E-state index contributed by atoms with van der Waals surface area (Å²) in [6.07, 6.45) is 4.13. The largest absolute Gasteiger partial charge is 0.354 e. The number of carbonyl (C=O) groups is 2. The van der Waals surface area contributed by atoms with Crippen molar-refractivity contribution in [3.8, 4) is 0 Å². The predicted octanol–water partition coefficient (Wildman–Crippen LogP) is 2.27. The van der Waals surface area contributed by atoms with Crippen LogP contribution >= 0.6 is 0 Å². The molecule has 0 aliphatic carbocycles. The van der Waals surface area contributed by atoms with E-state index in [2.05, 4.69) is 20.6 Å². The first-order valence-electron chi connectivity index (χ1n) is 11.6. The van der Waals surface area contributed by atoms with Gasteiger partial charge in [0.15, 0.2) is 5.65 Å². The van der Waals surface area contributed by atoms with Crippen LogP contribution in [0.15, 0.2) is 47.4 Å². The average molecular weight is 467 g/mol. The maximum atomic E-state index is 13.2. The second-order valence-corrected chi connectivity index (χ2v) is 8.96. The quantitative estimate of drug-likeness (QED) is 0.550. The molecule has 0 spiro atoms. The molecule has 2 aromatic heterocycles. The van der Waals surface area contributed by atoms with E-state index >= 15 is 0 Å². The summed E-state index contributed by atoms with van der Waals surface area (Å²) in [6, 6.07) is 9.08. The fourth-order valence-corrected chi connectivity index (χ4v) is 4.99. The Morgan fingerprint density at radius 2 is 1.82 bits per heavy atom. The van der Waals surface area contributed by atoms with Crippen LogP contribution in [0.4, 0.5) is 9.18 Å². The second kappa shape index (κ2) is 9.28. The fourth-order valence-electron chi connectivity index (χ4n) is 4.99. The SMILES string of the molecule is O=C1NC[C@H](c2ccc(F)cc2)CC[C@H]1NC(=O)N1CCC(n2c(=O)[nH]c3ncccc32)CC1. The molecule has 2 aliphatic rings. The number of nitrogens with one attached hydrogen (secondary N) is 3. The van der Waals surface area contributed by atoms with E-state index in [-0.39, 0.29) is 35.4 Å². The molecule has 0 radical (unpaired) electrons. The van der Waals surface area contributed by atoms with Gasteiger partial charge in [0, 0.05) is 37.8 Å². The third-order valence-corrected chi connectivity index (χ3v) is 6.89. The molecule has 10 heteroatoms. The first-order chi connectivity index (χ1) is 16.5. The van der Waals surface area contributed by atoms with Gasteiger partial charge in [-0.25, -0.2) is 19.0 Å². The minimum Gasteiger partial charge on any atom is -0.354 e. The Kier molecular flexibility index (Phi) is 6.04. The number of imidazole rings is 1. The van der Waals surface area contributed by atoms with Gasteiger partial charge in [0.05, 0.1) is 5.52 Å². The van der Waals surface area contributed by atoms with E-state index in [1.54, 1.807) is 33.9 Å². The molecule has 3 amide bonds. The molecule has 3 N–H and O–H groups in total. The lowest BCUT2D eigenvalue weighted by Crippen LogP contribution is -2.52. The zero-order valence-corrected chi connectivity index (χ0v) is 18.7. The number of aromatic amines is 1. The van der Waals surface area contributed by atoms with Crippen molar-refractivity contribution in [2.75, 3.05) is 19.6 Å². The van der Waals surface area contributed by atoms with Gasteiger partial charge in [0.25, 0.3) is 0 Å². The average Bonchev–Trinajstić information content (AvgIpc) is 3.08. The van der Waals surface area contributed by atoms with Crippen LogP contribution < -0.4 is 16.3 Å². The van der Waals surface area contributed by atoms with Gasteiger partial charge in [-0.05, 0) is 55.5 Å². The maximum absolute atomic E-state index is 13.2. The van der Waals surface area contributed by atoms with Crippen molar-refractivity contribution >= 4 is 23.1 Å². The first kappa shape index (κ1) is 22.1. The van der Waals surface area contributed by atoms with Crippen LogP contribution in [0.25, 0.3) is 11.2 Å². The molecule has 2 saturated heterocycles. The molecule has 0 bridgehead atoms. The number of rotatable bonds is 3. The van der Waals surface area contributed by atoms with Crippen LogP contribution in [-0.2, 0) is 4.79 Å². The van der Waals surface area contributed by atoms with Crippen LogP contribution in [0.3, 0.4) is 0 Å². The summed E-state index contributed by atoms with van der Waals surface area (Å²) in [5.74, 6) is -0.418. The van der Waals surface area contributed by atoms with Crippen molar-refractivity contribution in [2.24, 2.45) is 0 Å². The molecule has 3 aromatic rings. The topological polar surface area (TPSA) is 112 Å². The molecule has 34 heavy (non-hydrogen) atoms. The Balaban J connectivity index is 1.18. The number of nitrogens with zero attached hydrogens (tertiary/aromatic N) is 3. The number of benzene rings is 1. The van der Waals surface area contributed by atoms with Gasteiger partial charge in [0.2, 0.25) is 5.91 Å². The maximum Gasteiger partial charge on any atom is 0.327 e. The highest BCUT2D eigenvalue weighted by atomic mass is 19.1. The minimum atomic E-state index is -0.613. The highest BCUT2D eigenvalue weighted by Gasteiger charge is 2.31. The third kappa shape index (κ3) is 4.40.